The highest BCUT2D eigenvalue weighted by Crippen LogP contribution is 2.30. The smallest absolute Gasteiger partial charge is 0.406 e. The van der Waals surface area contributed by atoms with E-state index in [1.807, 2.05) is 17.6 Å². The number of nitrogens with zero attached hydrogens (tertiary/aromatic N) is 4. The van der Waals surface area contributed by atoms with Crippen molar-refractivity contribution in [1.82, 2.24) is 19.4 Å². The summed E-state index contributed by atoms with van der Waals surface area (Å²) in [5, 5.41) is 0. The summed E-state index contributed by atoms with van der Waals surface area (Å²) in [7, 11) is 0. The fourth-order valence-corrected chi connectivity index (χ4v) is 4.85. The molecule has 1 aromatic carbocycles. The van der Waals surface area contributed by atoms with Crippen LogP contribution >= 0.6 is 0 Å². The molecule has 2 heterocycles. The molecule has 1 aliphatic rings. The van der Waals surface area contributed by atoms with Crippen LogP contribution in [-0.4, -0.2) is 57.4 Å². The summed E-state index contributed by atoms with van der Waals surface area (Å²) in [5.74, 6) is 0.341. The van der Waals surface area contributed by atoms with Gasteiger partial charge in [-0.15, -0.1) is 0 Å². The highest BCUT2D eigenvalue weighted by molar-refractivity contribution is 5.97. The van der Waals surface area contributed by atoms with E-state index < -0.39 is 31.3 Å². The maximum Gasteiger partial charge on any atom is 0.406 e. The number of pyridine rings is 1. The minimum absolute atomic E-state index is 0.235. The first-order valence-electron chi connectivity index (χ1n) is 12.4. The lowest BCUT2D eigenvalue weighted by molar-refractivity contribution is -0.171. The highest BCUT2D eigenvalue weighted by Gasteiger charge is 2.40. The molecule has 4 rings (SSSR count). The molecule has 0 radical (unpaired) electrons. The monoisotopic (exact) mass is 542 g/mol. The first kappa shape index (κ1) is 27.7. The molecule has 0 aliphatic heterocycles. The van der Waals surface area contributed by atoms with Crippen LogP contribution in [0, 0.1) is 5.92 Å². The van der Waals surface area contributed by atoms with E-state index in [2.05, 4.69) is 9.97 Å². The number of imidazole rings is 1. The third kappa shape index (κ3) is 7.16. The molecule has 1 saturated carbocycles. The molecule has 38 heavy (non-hydrogen) atoms. The second kappa shape index (κ2) is 11.2. The topological polar surface area (TPSA) is 60.2 Å². The quantitative estimate of drug-likeness (QED) is 0.303. The Morgan fingerprint density at radius 1 is 1.05 bits per heavy atom. The van der Waals surface area contributed by atoms with E-state index in [0.717, 1.165) is 25.7 Å². The zero-order valence-electron chi connectivity index (χ0n) is 20.8. The van der Waals surface area contributed by atoms with E-state index in [1.165, 1.54) is 12.1 Å². The van der Waals surface area contributed by atoms with Crippen molar-refractivity contribution in [2.24, 2.45) is 5.92 Å². The Morgan fingerprint density at radius 2 is 1.74 bits per heavy atom. The Hall–Kier alpha value is -3.31. The van der Waals surface area contributed by atoms with Crippen molar-refractivity contribution in [2.75, 3.05) is 19.7 Å². The van der Waals surface area contributed by atoms with Crippen molar-refractivity contribution < 1.29 is 35.9 Å². The normalized spacial score (nSPS) is 14.8. The first-order valence-corrected chi connectivity index (χ1v) is 12.4. The largest absolute Gasteiger partial charge is 0.492 e. The lowest BCUT2D eigenvalue weighted by Gasteiger charge is -2.25. The van der Waals surface area contributed by atoms with Crippen molar-refractivity contribution in [3.05, 3.63) is 53.6 Å². The predicted octanol–water partition coefficient (Wildman–Crippen LogP) is 6.18. The molecule has 0 atom stereocenters. The second-order valence-electron chi connectivity index (χ2n) is 9.48. The Kier molecular flexibility index (Phi) is 8.17. The molecule has 1 fully saturated rings. The average Bonchev–Trinajstić information content (AvgIpc) is 3.46. The number of carbonyl (C=O) groups is 1. The number of rotatable bonds is 9. The molecule has 12 heteroatoms. The van der Waals surface area contributed by atoms with Crippen molar-refractivity contribution in [2.45, 2.75) is 57.9 Å². The second-order valence-corrected chi connectivity index (χ2v) is 9.48. The Bertz CT molecular complexity index is 1230. The van der Waals surface area contributed by atoms with Gasteiger partial charge in [-0.05, 0) is 56.0 Å². The van der Waals surface area contributed by atoms with Gasteiger partial charge in [0.05, 0.1) is 23.8 Å². The predicted molar refractivity (Wildman–Crippen MR) is 128 cm³/mol. The van der Waals surface area contributed by atoms with E-state index in [9.17, 15) is 31.1 Å². The standard InChI is InChI=1S/C26H28F6N4O2/c1-2-38-20-9-8-19(33-13-20)12-23-34-21-11-18(7-10-22(21)36(23)14-17-5-3-4-6-17)24(37)35(15-25(27,28)29)16-26(30,31)32/h7-11,13,17H,2-6,12,14-16H2,1H3. The van der Waals surface area contributed by atoms with Gasteiger partial charge >= 0.3 is 12.4 Å². The Morgan fingerprint density at radius 3 is 2.32 bits per heavy atom. The van der Waals surface area contributed by atoms with Gasteiger partial charge in [-0.1, -0.05) is 12.8 Å². The number of alkyl halides is 6. The molecule has 0 saturated heterocycles. The third-order valence-corrected chi connectivity index (χ3v) is 6.47. The zero-order chi connectivity index (χ0) is 27.5. The average molecular weight is 543 g/mol. The van der Waals surface area contributed by atoms with Gasteiger partial charge in [-0.25, -0.2) is 4.98 Å². The van der Waals surface area contributed by atoms with Crippen LogP contribution in [0.3, 0.4) is 0 Å². The van der Waals surface area contributed by atoms with Crippen LogP contribution in [0.2, 0.25) is 0 Å². The molecule has 0 bridgehead atoms. The Labute approximate surface area is 215 Å². The number of halogens is 6. The molecule has 0 unspecified atom stereocenters. The molecular formula is C26H28F6N4O2. The summed E-state index contributed by atoms with van der Waals surface area (Å²) in [6.07, 6.45) is -3.64. The molecular weight excluding hydrogens is 514 g/mol. The van der Waals surface area contributed by atoms with Gasteiger partial charge in [0.25, 0.3) is 5.91 Å². The third-order valence-electron chi connectivity index (χ3n) is 6.47. The van der Waals surface area contributed by atoms with Crippen LogP contribution in [0.4, 0.5) is 26.3 Å². The number of hydrogen-bond donors (Lipinski definition) is 0. The van der Waals surface area contributed by atoms with Crippen LogP contribution < -0.4 is 4.74 Å². The van der Waals surface area contributed by atoms with Gasteiger partial charge in [0.2, 0.25) is 0 Å². The van der Waals surface area contributed by atoms with Gasteiger partial charge < -0.3 is 14.2 Å². The lowest BCUT2D eigenvalue weighted by atomic mass is 10.1. The number of fused-ring (bicyclic) bond motifs is 1. The molecule has 1 amide bonds. The van der Waals surface area contributed by atoms with Gasteiger partial charge in [0.1, 0.15) is 24.7 Å². The summed E-state index contributed by atoms with van der Waals surface area (Å²) in [5.41, 5.74) is 1.41. The minimum atomic E-state index is -4.98. The molecule has 2 aromatic heterocycles. The van der Waals surface area contributed by atoms with Crippen molar-refractivity contribution in [1.29, 1.82) is 0 Å². The number of benzene rings is 1. The fraction of sp³-hybridized carbons (Fsp3) is 0.500. The van der Waals surface area contributed by atoms with Crippen molar-refractivity contribution >= 4 is 16.9 Å². The summed E-state index contributed by atoms with van der Waals surface area (Å²) < 4.78 is 85.1. The van der Waals surface area contributed by atoms with E-state index in [4.69, 9.17) is 4.74 Å². The lowest BCUT2D eigenvalue weighted by Crippen LogP contribution is -2.44. The van der Waals surface area contributed by atoms with Crippen molar-refractivity contribution in [3.63, 3.8) is 0 Å². The maximum atomic E-state index is 12.9. The van der Waals surface area contributed by atoms with Crippen LogP contribution in [0.5, 0.6) is 5.75 Å². The van der Waals surface area contributed by atoms with E-state index in [1.54, 1.807) is 18.3 Å². The highest BCUT2D eigenvalue weighted by atomic mass is 19.4. The number of carbonyl (C=O) groups excluding carboxylic acids is 1. The number of amides is 1. The molecule has 6 nitrogen and oxygen atoms in total. The first-order chi connectivity index (χ1) is 17.9. The minimum Gasteiger partial charge on any atom is -0.492 e. The van der Waals surface area contributed by atoms with Gasteiger partial charge in [-0.3, -0.25) is 9.78 Å². The SMILES string of the molecule is CCOc1ccc(Cc2nc3cc(C(=O)N(CC(F)(F)F)CC(F)(F)F)ccc3n2CC2CCCC2)nc1. The Balaban J connectivity index is 1.67. The number of hydrogen-bond acceptors (Lipinski definition) is 4. The molecule has 3 aromatic rings. The zero-order valence-corrected chi connectivity index (χ0v) is 20.8. The van der Waals surface area contributed by atoms with Crippen LogP contribution in [-0.2, 0) is 13.0 Å². The van der Waals surface area contributed by atoms with Gasteiger partial charge in [-0.2, -0.15) is 26.3 Å². The van der Waals surface area contributed by atoms with Gasteiger partial charge in [0.15, 0.2) is 0 Å². The summed E-state index contributed by atoms with van der Waals surface area (Å²) in [4.78, 5) is 21.6. The van der Waals surface area contributed by atoms with Gasteiger partial charge in [0, 0.05) is 24.2 Å². The van der Waals surface area contributed by atoms with E-state index in [0.29, 0.717) is 53.8 Å². The fourth-order valence-electron chi connectivity index (χ4n) is 4.85. The molecule has 0 spiro atoms. The summed E-state index contributed by atoms with van der Waals surface area (Å²) >= 11 is 0. The molecule has 1 aliphatic carbocycles. The molecule has 0 N–H and O–H groups in total. The summed E-state index contributed by atoms with van der Waals surface area (Å²) in [6.45, 7) is -0.973. The van der Waals surface area contributed by atoms with E-state index >= 15 is 0 Å². The number of ether oxygens (including phenoxy) is 1. The van der Waals surface area contributed by atoms with Crippen LogP contribution in [0.15, 0.2) is 36.5 Å². The molecule has 206 valence electrons. The van der Waals surface area contributed by atoms with Crippen LogP contribution in [0.25, 0.3) is 11.0 Å². The number of aromatic nitrogens is 3. The maximum absolute atomic E-state index is 12.9. The van der Waals surface area contributed by atoms with Crippen LogP contribution in [0.1, 0.15) is 54.5 Å². The van der Waals surface area contributed by atoms with Crippen molar-refractivity contribution in [3.8, 4) is 5.75 Å². The summed E-state index contributed by atoms with van der Waals surface area (Å²) in [6, 6.07) is 7.67. The van der Waals surface area contributed by atoms with E-state index in [-0.39, 0.29) is 10.5 Å².